The summed E-state index contributed by atoms with van der Waals surface area (Å²) in [5.74, 6) is -0.862. The minimum absolute atomic E-state index is 0.303. The predicted octanol–water partition coefficient (Wildman–Crippen LogP) is 2.88. The standard InChI is InChI=1S/C14H17F2N3/c1-3-17-14(10-8-18-19(4-2)9-10)12-7-11(15)5-6-13(12)16/h5-9,14,17H,3-4H2,1-2H3. The predicted molar refractivity (Wildman–Crippen MR) is 69.8 cm³/mol. The molecule has 0 spiro atoms. The normalized spacial score (nSPS) is 12.6. The first-order valence-corrected chi connectivity index (χ1v) is 6.36. The highest BCUT2D eigenvalue weighted by Gasteiger charge is 2.19. The van der Waals surface area contributed by atoms with Crippen molar-refractivity contribution in [1.82, 2.24) is 15.1 Å². The number of nitrogens with one attached hydrogen (secondary N) is 1. The lowest BCUT2D eigenvalue weighted by Gasteiger charge is -2.17. The van der Waals surface area contributed by atoms with E-state index in [1.165, 1.54) is 6.07 Å². The highest BCUT2D eigenvalue weighted by Crippen LogP contribution is 2.24. The van der Waals surface area contributed by atoms with Crippen LogP contribution in [0.3, 0.4) is 0 Å². The monoisotopic (exact) mass is 265 g/mol. The van der Waals surface area contributed by atoms with E-state index in [2.05, 4.69) is 10.4 Å². The minimum Gasteiger partial charge on any atom is -0.306 e. The van der Waals surface area contributed by atoms with E-state index in [-0.39, 0.29) is 6.04 Å². The molecule has 1 N–H and O–H groups in total. The number of rotatable bonds is 5. The van der Waals surface area contributed by atoms with E-state index in [9.17, 15) is 8.78 Å². The van der Waals surface area contributed by atoms with Crippen LogP contribution in [0.2, 0.25) is 0 Å². The van der Waals surface area contributed by atoms with Crippen molar-refractivity contribution in [1.29, 1.82) is 0 Å². The number of halogens is 2. The highest BCUT2D eigenvalue weighted by molar-refractivity contribution is 5.30. The maximum absolute atomic E-state index is 13.9. The fraction of sp³-hybridized carbons (Fsp3) is 0.357. The van der Waals surface area contributed by atoms with E-state index in [1.807, 2.05) is 20.0 Å². The van der Waals surface area contributed by atoms with Gasteiger partial charge in [0.2, 0.25) is 0 Å². The second-order valence-corrected chi connectivity index (χ2v) is 4.29. The third-order valence-electron chi connectivity index (χ3n) is 2.99. The second-order valence-electron chi connectivity index (χ2n) is 4.29. The number of nitrogens with zero attached hydrogens (tertiary/aromatic N) is 2. The number of aromatic nitrogens is 2. The van der Waals surface area contributed by atoms with Gasteiger partial charge < -0.3 is 5.32 Å². The van der Waals surface area contributed by atoms with Crippen molar-refractivity contribution in [3.63, 3.8) is 0 Å². The first kappa shape index (κ1) is 13.7. The van der Waals surface area contributed by atoms with Gasteiger partial charge in [-0.3, -0.25) is 4.68 Å². The molecule has 0 radical (unpaired) electrons. The van der Waals surface area contributed by atoms with Crippen LogP contribution in [0.1, 0.15) is 31.0 Å². The van der Waals surface area contributed by atoms with Gasteiger partial charge in [0.15, 0.2) is 0 Å². The molecule has 5 heteroatoms. The maximum atomic E-state index is 13.9. The van der Waals surface area contributed by atoms with Crippen molar-refractivity contribution < 1.29 is 8.78 Å². The van der Waals surface area contributed by atoms with E-state index in [4.69, 9.17) is 0 Å². The number of hydrogen-bond donors (Lipinski definition) is 1. The van der Waals surface area contributed by atoms with Gasteiger partial charge >= 0.3 is 0 Å². The van der Waals surface area contributed by atoms with Gasteiger partial charge in [0.25, 0.3) is 0 Å². The topological polar surface area (TPSA) is 29.9 Å². The van der Waals surface area contributed by atoms with Crippen molar-refractivity contribution in [2.24, 2.45) is 0 Å². The molecule has 0 bridgehead atoms. The summed E-state index contributed by atoms with van der Waals surface area (Å²) in [5, 5.41) is 7.34. The van der Waals surface area contributed by atoms with Crippen LogP contribution in [0.5, 0.6) is 0 Å². The quantitative estimate of drug-likeness (QED) is 0.901. The SMILES string of the molecule is CCNC(c1cnn(CC)c1)c1cc(F)ccc1F. The summed E-state index contributed by atoms with van der Waals surface area (Å²) in [6.45, 7) is 5.29. The lowest BCUT2D eigenvalue weighted by Crippen LogP contribution is -2.22. The zero-order valence-electron chi connectivity index (χ0n) is 11.0. The third-order valence-corrected chi connectivity index (χ3v) is 2.99. The number of hydrogen-bond acceptors (Lipinski definition) is 2. The molecule has 0 amide bonds. The Morgan fingerprint density at radius 2 is 2.11 bits per heavy atom. The van der Waals surface area contributed by atoms with E-state index in [1.54, 1.807) is 10.9 Å². The second kappa shape index (κ2) is 5.93. The molecule has 0 saturated heterocycles. The summed E-state index contributed by atoms with van der Waals surface area (Å²) < 4.78 is 29.0. The van der Waals surface area contributed by atoms with Crippen LogP contribution in [-0.2, 0) is 6.54 Å². The molecule has 102 valence electrons. The van der Waals surface area contributed by atoms with Gasteiger partial charge in [-0.15, -0.1) is 0 Å². The molecule has 1 aromatic carbocycles. The largest absolute Gasteiger partial charge is 0.306 e. The van der Waals surface area contributed by atoms with Gasteiger partial charge in [-0.2, -0.15) is 5.10 Å². The van der Waals surface area contributed by atoms with Gasteiger partial charge in [0, 0.05) is 23.9 Å². The van der Waals surface area contributed by atoms with Crippen LogP contribution < -0.4 is 5.32 Å². The minimum atomic E-state index is -0.442. The van der Waals surface area contributed by atoms with Crippen LogP contribution in [-0.4, -0.2) is 16.3 Å². The molecule has 0 aliphatic rings. The Morgan fingerprint density at radius 1 is 1.32 bits per heavy atom. The smallest absolute Gasteiger partial charge is 0.128 e. The van der Waals surface area contributed by atoms with Crippen LogP contribution in [0, 0.1) is 11.6 Å². The summed E-state index contributed by atoms with van der Waals surface area (Å²) in [4.78, 5) is 0. The van der Waals surface area contributed by atoms with Gasteiger partial charge in [0.05, 0.1) is 12.2 Å². The molecule has 0 aliphatic carbocycles. The van der Waals surface area contributed by atoms with E-state index in [0.29, 0.717) is 12.1 Å². The molecule has 19 heavy (non-hydrogen) atoms. The maximum Gasteiger partial charge on any atom is 0.128 e. The van der Waals surface area contributed by atoms with Crippen LogP contribution in [0.15, 0.2) is 30.6 Å². The Bertz CT molecular complexity index is 551. The van der Waals surface area contributed by atoms with Crippen molar-refractivity contribution in [3.8, 4) is 0 Å². The summed E-state index contributed by atoms with van der Waals surface area (Å²) in [6.07, 6.45) is 3.53. The first-order chi connectivity index (χ1) is 9.15. The Morgan fingerprint density at radius 3 is 2.74 bits per heavy atom. The highest BCUT2D eigenvalue weighted by atomic mass is 19.1. The van der Waals surface area contributed by atoms with Crippen LogP contribution >= 0.6 is 0 Å². The fourth-order valence-electron chi connectivity index (χ4n) is 2.05. The summed E-state index contributed by atoms with van der Waals surface area (Å²) in [6, 6.07) is 3.11. The lowest BCUT2D eigenvalue weighted by molar-refractivity contribution is 0.544. The molecule has 1 unspecified atom stereocenters. The lowest BCUT2D eigenvalue weighted by atomic mass is 10.0. The van der Waals surface area contributed by atoms with Crippen molar-refractivity contribution in [3.05, 3.63) is 53.4 Å². The third kappa shape index (κ3) is 2.98. The van der Waals surface area contributed by atoms with Gasteiger partial charge in [-0.1, -0.05) is 6.92 Å². The Balaban J connectivity index is 2.41. The fourth-order valence-corrected chi connectivity index (χ4v) is 2.05. The van der Waals surface area contributed by atoms with E-state index in [0.717, 1.165) is 24.2 Å². The Kier molecular flexibility index (Phi) is 4.27. The van der Waals surface area contributed by atoms with Crippen LogP contribution in [0.4, 0.5) is 8.78 Å². The molecular weight excluding hydrogens is 248 g/mol. The molecule has 1 aromatic heterocycles. The molecule has 2 rings (SSSR count). The average molecular weight is 265 g/mol. The van der Waals surface area contributed by atoms with Crippen LogP contribution in [0.25, 0.3) is 0 Å². The summed E-state index contributed by atoms with van der Waals surface area (Å²) in [5.41, 5.74) is 1.13. The molecule has 0 saturated carbocycles. The van der Waals surface area contributed by atoms with E-state index >= 15 is 0 Å². The van der Waals surface area contributed by atoms with Crippen molar-refractivity contribution in [2.75, 3.05) is 6.54 Å². The zero-order valence-corrected chi connectivity index (χ0v) is 11.0. The average Bonchev–Trinajstić information content (AvgIpc) is 2.88. The zero-order chi connectivity index (χ0) is 13.8. The van der Waals surface area contributed by atoms with Gasteiger partial charge in [-0.25, -0.2) is 8.78 Å². The molecule has 0 aliphatic heterocycles. The summed E-state index contributed by atoms with van der Waals surface area (Å²) >= 11 is 0. The number of benzene rings is 1. The molecule has 1 heterocycles. The molecular formula is C14H17F2N3. The molecule has 2 aromatic rings. The van der Waals surface area contributed by atoms with E-state index < -0.39 is 11.6 Å². The van der Waals surface area contributed by atoms with Crippen molar-refractivity contribution >= 4 is 0 Å². The van der Waals surface area contributed by atoms with Crippen molar-refractivity contribution in [2.45, 2.75) is 26.4 Å². The number of aryl methyl sites for hydroxylation is 1. The van der Waals surface area contributed by atoms with Gasteiger partial charge in [0.1, 0.15) is 11.6 Å². The molecule has 1 atom stereocenters. The summed E-state index contributed by atoms with van der Waals surface area (Å²) in [7, 11) is 0. The molecule has 3 nitrogen and oxygen atoms in total. The molecule has 0 fully saturated rings. The Labute approximate surface area is 111 Å². The van der Waals surface area contributed by atoms with Gasteiger partial charge in [-0.05, 0) is 31.7 Å². The Hall–Kier alpha value is -1.75. The first-order valence-electron chi connectivity index (χ1n) is 6.36.